The van der Waals surface area contributed by atoms with Crippen molar-refractivity contribution in [1.29, 1.82) is 0 Å². The minimum atomic E-state index is -2.49. The summed E-state index contributed by atoms with van der Waals surface area (Å²) in [6.07, 6.45) is 1.12. The summed E-state index contributed by atoms with van der Waals surface area (Å²) in [5, 5.41) is 0. The maximum Gasteiger partial charge on any atom is 0.255 e. The topological polar surface area (TPSA) is 20.3 Å². The molecule has 0 spiro atoms. The Bertz CT molecular complexity index is 242. The summed E-state index contributed by atoms with van der Waals surface area (Å²) < 4.78 is 24.7. The summed E-state index contributed by atoms with van der Waals surface area (Å²) in [4.78, 5) is 13.3. The lowest BCUT2D eigenvalue weighted by molar-refractivity contribution is -0.142. The molecule has 5 heteroatoms. The van der Waals surface area contributed by atoms with Crippen LogP contribution in [0.3, 0.4) is 0 Å². The molecule has 0 heterocycles. The first kappa shape index (κ1) is 13.7. The standard InChI is InChI=1S/C11H18ClF2NO/c1-11(4-2-3-5-11)10(16)15(7-6-12)8-9(13)14/h9H,2-8H2,1H3. The van der Waals surface area contributed by atoms with Crippen LogP contribution in [0.2, 0.25) is 0 Å². The fraction of sp³-hybridized carbons (Fsp3) is 0.909. The second-order valence-corrected chi connectivity index (χ2v) is 4.98. The second kappa shape index (κ2) is 5.80. The SMILES string of the molecule is CC1(C(=O)N(CCCl)CC(F)F)CCCC1. The molecule has 1 aliphatic rings. The van der Waals surface area contributed by atoms with Gasteiger partial charge in [0.25, 0.3) is 6.43 Å². The van der Waals surface area contributed by atoms with E-state index in [-0.39, 0.29) is 18.3 Å². The van der Waals surface area contributed by atoms with Gasteiger partial charge in [-0.15, -0.1) is 11.6 Å². The molecule has 0 atom stereocenters. The van der Waals surface area contributed by atoms with E-state index in [0.717, 1.165) is 25.7 Å². The average molecular weight is 254 g/mol. The Balaban J connectivity index is 2.65. The monoisotopic (exact) mass is 253 g/mol. The van der Waals surface area contributed by atoms with Gasteiger partial charge < -0.3 is 4.90 Å². The predicted octanol–water partition coefficient (Wildman–Crippen LogP) is 2.90. The first-order valence-electron chi connectivity index (χ1n) is 5.63. The number of carbonyl (C=O) groups excluding carboxylic acids is 1. The lowest BCUT2D eigenvalue weighted by Crippen LogP contribution is -2.44. The molecule has 0 aromatic rings. The molecule has 0 aliphatic heterocycles. The van der Waals surface area contributed by atoms with E-state index in [1.165, 1.54) is 4.90 Å². The summed E-state index contributed by atoms with van der Waals surface area (Å²) in [6, 6.07) is 0. The van der Waals surface area contributed by atoms with Gasteiger partial charge in [-0.1, -0.05) is 19.8 Å². The third-order valence-corrected chi connectivity index (χ3v) is 3.39. The highest BCUT2D eigenvalue weighted by atomic mass is 35.5. The van der Waals surface area contributed by atoms with E-state index in [1.54, 1.807) is 0 Å². The fourth-order valence-electron chi connectivity index (χ4n) is 2.30. The summed E-state index contributed by atoms with van der Waals surface area (Å²) in [6.45, 7) is 1.58. The Kier molecular flexibility index (Phi) is 4.96. The smallest absolute Gasteiger partial charge is 0.255 e. The molecule has 0 bridgehead atoms. The molecule has 0 saturated heterocycles. The fourth-order valence-corrected chi connectivity index (χ4v) is 2.50. The Morgan fingerprint density at radius 1 is 1.44 bits per heavy atom. The van der Waals surface area contributed by atoms with Crippen LogP contribution in [0.15, 0.2) is 0 Å². The molecular formula is C11H18ClF2NO. The van der Waals surface area contributed by atoms with Crippen LogP contribution in [-0.2, 0) is 4.79 Å². The van der Waals surface area contributed by atoms with Gasteiger partial charge in [0, 0.05) is 17.8 Å². The van der Waals surface area contributed by atoms with Crippen LogP contribution in [-0.4, -0.2) is 36.2 Å². The predicted molar refractivity (Wildman–Crippen MR) is 59.9 cm³/mol. The van der Waals surface area contributed by atoms with E-state index in [1.807, 2.05) is 6.92 Å². The highest BCUT2D eigenvalue weighted by Gasteiger charge is 2.39. The summed E-state index contributed by atoms with van der Waals surface area (Å²) in [5.74, 6) is 0.0418. The second-order valence-electron chi connectivity index (χ2n) is 4.60. The lowest BCUT2D eigenvalue weighted by Gasteiger charge is -2.31. The number of alkyl halides is 3. The molecule has 1 amide bonds. The largest absolute Gasteiger partial charge is 0.335 e. The molecule has 0 aromatic heterocycles. The van der Waals surface area contributed by atoms with Gasteiger partial charge in [0.2, 0.25) is 5.91 Å². The van der Waals surface area contributed by atoms with Gasteiger partial charge in [0.15, 0.2) is 0 Å². The molecule has 1 rings (SSSR count). The van der Waals surface area contributed by atoms with Gasteiger partial charge in [-0.25, -0.2) is 8.78 Å². The minimum absolute atomic E-state index is 0.161. The molecule has 0 radical (unpaired) electrons. The van der Waals surface area contributed by atoms with Crippen LogP contribution in [0.4, 0.5) is 8.78 Å². The number of nitrogens with zero attached hydrogens (tertiary/aromatic N) is 1. The van der Waals surface area contributed by atoms with E-state index in [9.17, 15) is 13.6 Å². The summed E-state index contributed by atoms with van der Waals surface area (Å²) in [5.41, 5.74) is -0.444. The highest BCUT2D eigenvalue weighted by molar-refractivity contribution is 6.18. The van der Waals surface area contributed by atoms with Gasteiger partial charge in [-0.05, 0) is 12.8 Å². The van der Waals surface area contributed by atoms with E-state index < -0.39 is 18.4 Å². The Morgan fingerprint density at radius 3 is 2.44 bits per heavy atom. The van der Waals surface area contributed by atoms with Crippen molar-refractivity contribution >= 4 is 17.5 Å². The van der Waals surface area contributed by atoms with Gasteiger partial charge in [0.1, 0.15) is 0 Å². The molecule has 0 N–H and O–H groups in total. The first-order valence-corrected chi connectivity index (χ1v) is 6.16. The van der Waals surface area contributed by atoms with Crippen molar-refractivity contribution in [3.63, 3.8) is 0 Å². The Morgan fingerprint density at radius 2 is 2.00 bits per heavy atom. The number of hydrogen-bond donors (Lipinski definition) is 0. The number of amides is 1. The van der Waals surface area contributed by atoms with Gasteiger partial charge in [-0.2, -0.15) is 0 Å². The van der Waals surface area contributed by atoms with Crippen LogP contribution in [0.25, 0.3) is 0 Å². The van der Waals surface area contributed by atoms with E-state index in [4.69, 9.17) is 11.6 Å². The van der Waals surface area contributed by atoms with Gasteiger partial charge >= 0.3 is 0 Å². The van der Waals surface area contributed by atoms with Crippen LogP contribution in [0, 0.1) is 5.41 Å². The summed E-state index contributed by atoms with van der Waals surface area (Å²) >= 11 is 5.54. The van der Waals surface area contributed by atoms with Crippen LogP contribution < -0.4 is 0 Å². The molecule has 16 heavy (non-hydrogen) atoms. The quantitative estimate of drug-likeness (QED) is 0.690. The normalized spacial score (nSPS) is 19.1. The van der Waals surface area contributed by atoms with Crippen molar-refractivity contribution < 1.29 is 13.6 Å². The van der Waals surface area contributed by atoms with Crippen LogP contribution in [0.5, 0.6) is 0 Å². The van der Waals surface area contributed by atoms with Crippen molar-refractivity contribution in [3.8, 4) is 0 Å². The molecule has 1 fully saturated rings. The first-order chi connectivity index (χ1) is 7.49. The Labute approximate surface area is 99.9 Å². The van der Waals surface area contributed by atoms with Crippen molar-refractivity contribution in [2.75, 3.05) is 19.0 Å². The zero-order valence-electron chi connectivity index (χ0n) is 9.52. The van der Waals surface area contributed by atoms with E-state index >= 15 is 0 Å². The third-order valence-electron chi connectivity index (χ3n) is 3.22. The maximum absolute atomic E-state index is 12.3. The molecule has 1 aliphatic carbocycles. The molecule has 1 saturated carbocycles. The molecule has 2 nitrogen and oxygen atoms in total. The number of carbonyl (C=O) groups is 1. The van der Waals surface area contributed by atoms with Crippen molar-refractivity contribution in [2.24, 2.45) is 5.41 Å². The summed E-state index contributed by atoms with van der Waals surface area (Å²) in [7, 11) is 0. The van der Waals surface area contributed by atoms with Gasteiger partial charge in [0.05, 0.1) is 6.54 Å². The van der Waals surface area contributed by atoms with Crippen LogP contribution >= 0.6 is 11.6 Å². The zero-order chi connectivity index (χ0) is 12.2. The number of hydrogen-bond acceptors (Lipinski definition) is 1. The number of rotatable bonds is 5. The van der Waals surface area contributed by atoms with Gasteiger partial charge in [-0.3, -0.25) is 4.79 Å². The Hall–Kier alpha value is -0.380. The molecular weight excluding hydrogens is 236 g/mol. The average Bonchev–Trinajstić information content (AvgIpc) is 2.64. The maximum atomic E-state index is 12.3. The van der Waals surface area contributed by atoms with Crippen molar-refractivity contribution in [2.45, 2.75) is 39.0 Å². The number of halogens is 3. The highest BCUT2D eigenvalue weighted by Crippen LogP contribution is 2.39. The van der Waals surface area contributed by atoms with Crippen molar-refractivity contribution in [3.05, 3.63) is 0 Å². The van der Waals surface area contributed by atoms with Crippen LogP contribution in [0.1, 0.15) is 32.6 Å². The lowest BCUT2D eigenvalue weighted by atomic mass is 9.87. The zero-order valence-corrected chi connectivity index (χ0v) is 10.3. The van der Waals surface area contributed by atoms with E-state index in [2.05, 4.69) is 0 Å². The molecule has 0 aromatic carbocycles. The third kappa shape index (κ3) is 3.30. The van der Waals surface area contributed by atoms with Crippen molar-refractivity contribution in [1.82, 2.24) is 4.90 Å². The van der Waals surface area contributed by atoms with E-state index in [0.29, 0.717) is 0 Å². The molecule has 0 unspecified atom stereocenters. The molecule has 94 valence electrons. The minimum Gasteiger partial charge on any atom is -0.335 e.